The van der Waals surface area contributed by atoms with Crippen LogP contribution in [-0.2, 0) is 37.4 Å². The summed E-state index contributed by atoms with van der Waals surface area (Å²) in [4.78, 5) is 37.6. The summed E-state index contributed by atoms with van der Waals surface area (Å²) in [6.45, 7) is 10.7. The number of aromatic nitrogens is 4. The lowest BCUT2D eigenvalue weighted by Crippen LogP contribution is -2.45. The van der Waals surface area contributed by atoms with Crippen LogP contribution >= 0.6 is 7.75 Å². The van der Waals surface area contributed by atoms with E-state index in [2.05, 4.69) is 20.0 Å². The quantitative estimate of drug-likeness (QED) is 0.159. The summed E-state index contributed by atoms with van der Waals surface area (Å²) in [6, 6.07) is -1.14. The molecule has 248 valence electrons. The highest BCUT2D eigenvalue weighted by Gasteiger charge is 2.54. The van der Waals surface area contributed by atoms with Crippen LogP contribution in [0, 0.1) is 5.92 Å². The lowest BCUT2D eigenvalue weighted by Gasteiger charge is -2.28. The SMILES string of the molecule is CCOC(=O)[C@@H](C)OP(=O)(N[C@@H](CC(C)C)C(=O)OC(C)C)OC[C@H]1O[C@@H](n2cnc3c(OC)nc(N)nc32)[C@](C)(O)[C@@H]1O. The van der Waals surface area contributed by atoms with Crippen molar-refractivity contribution in [2.75, 3.05) is 26.1 Å². The molecule has 0 spiro atoms. The van der Waals surface area contributed by atoms with Crippen molar-refractivity contribution < 1.29 is 52.4 Å². The fraction of sp³-hybridized carbons (Fsp3) is 0.731. The first kappa shape index (κ1) is 35.6. The van der Waals surface area contributed by atoms with Gasteiger partial charge in [-0.1, -0.05) is 13.8 Å². The Hall–Kier alpha value is -2.92. The number of carbonyl (C=O) groups excluding carboxylic acids is 2. The van der Waals surface area contributed by atoms with Gasteiger partial charge in [-0.05, 0) is 47.0 Å². The van der Waals surface area contributed by atoms with Crippen molar-refractivity contribution in [2.24, 2.45) is 5.92 Å². The third-order valence-corrected chi connectivity index (χ3v) is 8.30. The molecule has 1 fully saturated rings. The number of hydrogen-bond acceptors (Lipinski definition) is 15. The molecule has 1 unspecified atom stereocenters. The van der Waals surface area contributed by atoms with Crippen LogP contribution in [-0.4, -0.2) is 98.1 Å². The molecule has 3 heterocycles. The standard InChI is InChI=1S/C26H43N6O11P/c1-9-39-22(34)15(6)43-44(37,31-16(10-13(2)3)23(35)41-14(4)5)40-11-17-19(33)26(7,36)24(42-17)32-12-28-18-20(32)29-25(27)30-21(18)38-8/h12-17,19,24,33,36H,9-11H2,1-8H3,(H,31,37)(H2,27,29,30)/t15-,16+,17-,19-,24-,26-,44?/m1/s1. The first-order chi connectivity index (χ1) is 20.5. The number of nitrogens with one attached hydrogen (secondary N) is 1. The Bertz CT molecular complexity index is 1350. The third-order valence-electron chi connectivity index (χ3n) is 6.59. The second kappa shape index (κ2) is 14.5. The number of imidazole rings is 1. The highest BCUT2D eigenvalue weighted by molar-refractivity contribution is 7.51. The van der Waals surface area contributed by atoms with Crippen molar-refractivity contribution in [1.29, 1.82) is 0 Å². The lowest BCUT2D eigenvalue weighted by molar-refractivity contribution is -0.151. The van der Waals surface area contributed by atoms with Crippen molar-refractivity contribution in [3.63, 3.8) is 0 Å². The van der Waals surface area contributed by atoms with Crippen LogP contribution in [0.2, 0.25) is 0 Å². The van der Waals surface area contributed by atoms with Gasteiger partial charge in [0.1, 0.15) is 23.9 Å². The molecule has 0 aromatic carbocycles. The Balaban J connectivity index is 1.89. The first-order valence-electron chi connectivity index (χ1n) is 14.2. The molecule has 0 bridgehead atoms. The summed E-state index contributed by atoms with van der Waals surface area (Å²) in [5.74, 6) is -1.58. The molecule has 0 aliphatic carbocycles. The van der Waals surface area contributed by atoms with E-state index >= 15 is 0 Å². The molecule has 1 aliphatic heterocycles. The summed E-state index contributed by atoms with van der Waals surface area (Å²) in [5.41, 5.74) is 4.26. The zero-order valence-electron chi connectivity index (χ0n) is 26.1. The number of anilines is 1. The van der Waals surface area contributed by atoms with E-state index in [9.17, 15) is 24.4 Å². The number of carbonyl (C=O) groups is 2. The van der Waals surface area contributed by atoms with Gasteiger partial charge in [0, 0.05) is 0 Å². The Morgan fingerprint density at radius 2 is 1.91 bits per heavy atom. The Kier molecular flexibility index (Phi) is 11.7. The molecule has 7 atom stereocenters. The number of hydrogen-bond donors (Lipinski definition) is 4. The smallest absolute Gasteiger partial charge is 0.407 e. The van der Waals surface area contributed by atoms with E-state index in [1.165, 1.54) is 31.9 Å². The minimum atomic E-state index is -4.52. The number of ether oxygens (including phenoxy) is 4. The van der Waals surface area contributed by atoms with Gasteiger partial charge < -0.3 is 34.9 Å². The highest BCUT2D eigenvalue weighted by atomic mass is 31.2. The average molecular weight is 647 g/mol. The zero-order valence-corrected chi connectivity index (χ0v) is 27.0. The van der Waals surface area contributed by atoms with Crippen molar-refractivity contribution >= 4 is 36.8 Å². The lowest BCUT2D eigenvalue weighted by atomic mass is 9.96. The number of fused-ring (bicyclic) bond motifs is 1. The Labute approximate surface area is 255 Å². The van der Waals surface area contributed by atoms with Gasteiger partial charge in [-0.15, -0.1) is 0 Å². The van der Waals surface area contributed by atoms with Crippen LogP contribution in [0.25, 0.3) is 11.2 Å². The van der Waals surface area contributed by atoms with Crippen LogP contribution < -0.4 is 15.6 Å². The molecule has 0 radical (unpaired) electrons. The van der Waals surface area contributed by atoms with Gasteiger partial charge in [-0.3, -0.25) is 18.4 Å². The summed E-state index contributed by atoms with van der Waals surface area (Å²) in [5, 5.41) is 25.0. The van der Waals surface area contributed by atoms with Crippen molar-refractivity contribution in [3.8, 4) is 5.88 Å². The molecule has 18 heteroatoms. The minimum absolute atomic E-state index is 0.0412. The van der Waals surface area contributed by atoms with Gasteiger partial charge in [-0.2, -0.15) is 9.97 Å². The molecule has 0 saturated carbocycles. The Morgan fingerprint density at radius 3 is 2.50 bits per heavy atom. The van der Waals surface area contributed by atoms with E-state index in [4.69, 9.17) is 33.7 Å². The maximum Gasteiger partial charge on any atom is 0.407 e. The number of aliphatic hydroxyl groups excluding tert-OH is 1. The van der Waals surface area contributed by atoms with E-state index in [0.717, 1.165) is 0 Å². The molecular weight excluding hydrogens is 603 g/mol. The molecule has 3 rings (SSSR count). The third kappa shape index (κ3) is 8.21. The van der Waals surface area contributed by atoms with Gasteiger partial charge in [-0.25, -0.2) is 19.4 Å². The van der Waals surface area contributed by atoms with Gasteiger partial charge in [0.05, 0.1) is 32.8 Å². The second-order valence-electron chi connectivity index (χ2n) is 11.2. The Morgan fingerprint density at radius 1 is 1.23 bits per heavy atom. The summed E-state index contributed by atoms with van der Waals surface area (Å²) < 4.78 is 48.1. The maximum absolute atomic E-state index is 14.1. The van der Waals surface area contributed by atoms with Gasteiger partial charge in [0.15, 0.2) is 23.5 Å². The molecule has 1 saturated heterocycles. The van der Waals surface area contributed by atoms with Crippen LogP contribution in [0.5, 0.6) is 5.88 Å². The number of esters is 2. The number of nitrogens with zero attached hydrogens (tertiary/aromatic N) is 4. The number of nitrogen functional groups attached to an aromatic ring is 1. The predicted molar refractivity (Wildman–Crippen MR) is 155 cm³/mol. The van der Waals surface area contributed by atoms with Crippen LogP contribution in [0.4, 0.5) is 5.95 Å². The average Bonchev–Trinajstić information content (AvgIpc) is 3.43. The molecule has 44 heavy (non-hydrogen) atoms. The fourth-order valence-electron chi connectivity index (χ4n) is 4.56. The first-order valence-corrected chi connectivity index (χ1v) is 15.7. The van der Waals surface area contributed by atoms with Gasteiger partial charge >= 0.3 is 19.7 Å². The van der Waals surface area contributed by atoms with Gasteiger partial charge in [0.25, 0.3) is 0 Å². The summed E-state index contributed by atoms with van der Waals surface area (Å²) in [6.07, 6.45) is -4.45. The monoisotopic (exact) mass is 646 g/mol. The van der Waals surface area contributed by atoms with Crippen LogP contribution in [0.3, 0.4) is 0 Å². The van der Waals surface area contributed by atoms with E-state index in [1.54, 1.807) is 20.8 Å². The van der Waals surface area contributed by atoms with E-state index in [0.29, 0.717) is 0 Å². The van der Waals surface area contributed by atoms with E-state index < -0.39 is 68.6 Å². The van der Waals surface area contributed by atoms with Crippen molar-refractivity contribution in [3.05, 3.63) is 6.33 Å². The van der Waals surface area contributed by atoms with Gasteiger partial charge in [0.2, 0.25) is 11.8 Å². The van der Waals surface area contributed by atoms with E-state index in [1.807, 2.05) is 13.8 Å². The van der Waals surface area contributed by atoms with Crippen molar-refractivity contribution in [2.45, 2.75) is 97.2 Å². The number of nitrogens with two attached hydrogens (primary N) is 1. The summed E-state index contributed by atoms with van der Waals surface area (Å²) in [7, 11) is -3.14. The van der Waals surface area contributed by atoms with E-state index in [-0.39, 0.29) is 41.9 Å². The molecule has 17 nitrogen and oxygen atoms in total. The second-order valence-corrected chi connectivity index (χ2v) is 12.9. The zero-order chi connectivity index (χ0) is 33.0. The normalized spacial score (nSPS) is 24.8. The predicted octanol–water partition coefficient (Wildman–Crippen LogP) is 1.48. The fourth-order valence-corrected chi connectivity index (χ4v) is 6.19. The molecule has 5 N–H and O–H groups in total. The molecule has 2 aromatic rings. The van der Waals surface area contributed by atoms with Crippen LogP contribution in [0.15, 0.2) is 6.33 Å². The number of rotatable bonds is 15. The highest BCUT2D eigenvalue weighted by Crippen LogP contribution is 2.48. The molecule has 2 aromatic heterocycles. The van der Waals surface area contributed by atoms with Crippen molar-refractivity contribution in [1.82, 2.24) is 24.6 Å². The molecule has 0 amide bonds. The minimum Gasteiger partial charge on any atom is -0.479 e. The number of methoxy groups -OCH3 is 1. The largest absolute Gasteiger partial charge is 0.479 e. The molecular formula is C26H43N6O11P. The topological polar surface area (TPSA) is 229 Å². The number of aliphatic hydroxyl groups is 2. The summed E-state index contributed by atoms with van der Waals surface area (Å²) >= 11 is 0. The maximum atomic E-state index is 14.1. The molecule has 1 aliphatic rings. The van der Waals surface area contributed by atoms with Crippen LogP contribution in [0.1, 0.15) is 61.1 Å².